The van der Waals surface area contributed by atoms with Gasteiger partial charge in [-0.05, 0) is 26.0 Å². The number of carbonyl (C=O) groups is 2. The predicted molar refractivity (Wildman–Crippen MR) is 70.9 cm³/mol. The number of halogens is 1. The van der Waals surface area contributed by atoms with Crippen molar-refractivity contribution in [2.24, 2.45) is 0 Å². The number of rotatable bonds is 4. The maximum atomic E-state index is 13.5. The summed E-state index contributed by atoms with van der Waals surface area (Å²) in [5.74, 6) is -1.06. The summed E-state index contributed by atoms with van der Waals surface area (Å²) in [5, 5.41) is 2.65. The Balaban J connectivity index is 1.99. The number of amides is 2. The molecule has 0 aliphatic carbocycles. The molecule has 0 spiro atoms. The first kappa shape index (κ1) is 14.3. The highest BCUT2D eigenvalue weighted by atomic mass is 19.1. The van der Waals surface area contributed by atoms with Gasteiger partial charge in [0.15, 0.2) is 0 Å². The van der Waals surface area contributed by atoms with E-state index in [0.29, 0.717) is 13.2 Å². The van der Waals surface area contributed by atoms with E-state index in [1.165, 1.54) is 18.2 Å². The number of ether oxygens (including phenoxy) is 1. The Morgan fingerprint density at radius 2 is 2.15 bits per heavy atom. The fraction of sp³-hybridized carbons (Fsp3) is 0.429. The highest BCUT2D eigenvalue weighted by Gasteiger charge is 2.36. The van der Waals surface area contributed by atoms with Crippen molar-refractivity contribution >= 4 is 12.0 Å². The molecule has 1 N–H and O–H groups in total. The minimum atomic E-state index is -0.589. The first-order valence-electron chi connectivity index (χ1n) is 6.39. The molecule has 1 aromatic carbocycles. The van der Waals surface area contributed by atoms with Crippen molar-refractivity contribution in [1.29, 1.82) is 0 Å². The first-order valence-corrected chi connectivity index (χ1v) is 6.39. The van der Waals surface area contributed by atoms with Crippen molar-refractivity contribution in [3.05, 3.63) is 35.6 Å². The summed E-state index contributed by atoms with van der Waals surface area (Å²) in [6.07, 6.45) is -0.393. The minimum absolute atomic E-state index is 0.00713. The van der Waals surface area contributed by atoms with Crippen LogP contribution in [0.25, 0.3) is 0 Å². The van der Waals surface area contributed by atoms with E-state index in [4.69, 9.17) is 4.74 Å². The molecule has 1 aliphatic rings. The zero-order valence-electron chi connectivity index (χ0n) is 11.5. The predicted octanol–water partition coefficient (Wildman–Crippen LogP) is 1.79. The molecule has 1 fully saturated rings. The van der Waals surface area contributed by atoms with Crippen molar-refractivity contribution in [3.63, 3.8) is 0 Å². The first-order chi connectivity index (χ1) is 9.42. The average Bonchev–Trinajstić information content (AvgIpc) is 2.84. The Hall–Kier alpha value is -2.11. The van der Waals surface area contributed by atoms with E-state index in [0.717, 1.165) is 0 Å². The summed E-state index contributed by atoms with van der Waals surface area (Å²) < 4.78 is 18.4. The smallest absolute Gasteiger partial charge is 0.410 e. The van der Waals surface area contributed by atoms with Crippen LogP contribution in [0.15, 0.2) is 24.3 Å². The molecule has 1 heterocycles. The van der Waals surface area contributed by atoms with Gasteiger partial charge in [0.25, 0.3) is 5.91 Å². The van der Waals surface area contributed by atoms with Gasteiger partial charge in [0.2, 0.25) is 0 Å². The van der Waals surface area contributed by atoms with Crippen LogP contribution in [-0.2, 0) is 4.74 Å². The topological polar surface area (TPSA) is 58.6 Å². The molecule has 6 heteroatoms. The van der Waals surface area contributed by atoms with Gasteiger partial charge in [0, 0.05) is 6.54 Å². The number of nitrogens with one attached hydrogen (secondary N) is 1. The molecule has 0 saturated carbocycles. The molecule has 0 aromatic heterocycles. The Morgan fingerprint density at radius 3 is 2.75 bits per heavy atom. The van der Waals surface area contributed by atoms with Crippen molar-refractivity contribution in [2.45, 2.75) is 19.4 Å². The molecule has 0 bridgehead atoms. The molecular formula is C14H17FN2O3. The molecule has 2 rings (SSSR count). The van der Waals surface area contributed by atoms with Gasteiger partial charge in [-0.2, -0.15) is 0 Å². The quantitative estimate of drug-likeness (QED) is 0.914. The van der Waals surface area contributed by atoms with Crippen LogP contribution >= 0.6 is 0 Å². The van der Waals surface area contributed by atoms with Crippen LogP contribution in [0.1, 0.15) is 24.2 Å². The summed E-state index contributed by atoms with van der Waals surface area (Å²) in [4.78, 5) is 25.0. The van der Waals surface area contributed by atoms with Crippen LogP contribution in [0, 0.1) is 5.82 Å². The number of hydrogen-bond acceptors (Lipinski definition) is 3. The summed E-state index contributed by atoms with van der Waals surface area (Å²) in [6, 6.07) is 5.77. The fourth-order valence-corrected chi connectivity index (χ4v) is 2.08. The molecule has 1 saturated heterocycles. The van der Waals surface area contributed by atoms with Gasteiger partial charge in [-0.15, -0.1) is 0 Å². The zero-order chi connectivity index (χ0) is 14.8. The maximum absolute atomic E-state index is 13.5. The van der Waals surface area contributed by atoms with E-state index in [1.54, 1.807) is 11.0 Å². The standard InChI is InChI=1S/C14H17FN2O3/c1-14(2,17-7-8-20-13(17)19)9-16-12(18)10-5-3-4-6-11(10)15/h3-6H,7-9H2,1-2H3,(H,16,18). The number of cyclic esters (lactones) is 1. The number of nitrogens with zero attached hydrogens (tertiary/aromatic N) is 1. The molecule has 0 atom stereocenters. The third-order valence-corrected chi connectivity index (χ3v) is 3.29. The molecule has 108 valence electrons. The summed E-state index contributed by atoms with van der Waals surface area (Å²) in [6.45, 7) is 4.70. The lowest BCUT2D eigenvalue weighted by Crippen LogP contribution is -2.52. The van der Waals surface area contributed by atoms with Crippen LogP contribution in [0.2, 0.25) is 0 Å². The zero-order valence-corrected chi connectivity index (χ0v) is 11.5. The van der Waals surface area contributed by atoms with Gasteiger partial charge in [0.1, 0.15) is 12.4 Å². The maximum Gasteiger partial charge on any atom is 0.410 e. The molecule has 0 unspecified atom stereocenters. The van der Waals surface area contributed by atoms with Crippen molar-refractivity contribution < 1.29 is 18.7 Å². The van der Waals surface area contributed by atoms with Crippen LogP contribution < -0.4 is 5.32 Å². The Morgan fingerprint density at radius 1 is 1.45 bits per heavy atom. The average molecular weight is 280 g/mol. The van der Waals surface area contributed by atoms with Crippen LogP contribution in [-0.4, -0.2) is 42.1 Å². The van der Waals surface area contributed by atoms with Gasteiger partial charge >= 0.3 is 6.09 Å². The second-order valence-corrected chi connectivity index (χ2v) is 5.24. The molecule has 1 aromatic rings. The van der Waals surface area contributed by atoms with E-state index >= 15 is 0 Å². The number of benzene rings is 1. The van der Waals surface area contributed by atoms with Gasteiger partial charge in [0.05, 0.1) is 17.6 Å². The van der Waals surface area contributed by atoms with E-state index < -0.39 is 23.4 Å². The molecule has 0 radical (unpaired) electrons. The summed E-state index contributed by atoms with van der Waals surface area (Å²) in [7, 11) is 0. The van der Waals surface area contributed by atoms with E-state index in [1.807, 2.05) is 13.8 Å². The van der Waals surface area contributed by atoms with Crippen LogP contribution in [0.4, 0.5) is 9.18 Å². The van der Waals surface area contributed by atoms with Gasteiger partial charge < -0.3 is 10.1 Å². The molecule has 1 aliphatic heterocycles. The monoisotopic (exact) mass is 280 g/mol. The van der Waals surface area contributed by atoms with Crippen molar-refractivity contribution in [1.82, 2.24) is 10.2 Å². The number of carbonyl (C=O) groups excluding carboxylic acids is 2. The van der Waals surface area contributed by atoms with Crippen molar-refractivity contribution in [3.8, 4) is 0 Å². The van der Waals surface area contributed by atoms with Gasteiger partial charge in [-0.3, -0.25) is 9.69 Å². The van der Waals surface area contributed by atoms with Crippen molar-refractivity contribution in [2.75, 3.05) is 19.7 Å². The molecule has 5 nitrogen and oxygen atoms in total. The van der Waals surface area contributed by atoms with Gasteiger partial charge in [-0.1, -0.05) is 12.1 Å². The Bertz CT molecular complexity index is 531. The Kier molecular flexibility index (Phi) is 3.92. The van der Waals surface area contributed by atoms with Crippen LogP contribution in [0.3, 0.4) is 0 Å². The van der Waals surface area contributed by atoms with E-state index in [9.17, 15) is 14.0 Å². The third kappa shape index (κ3) is 2.89. The van der Waals surface area contributed by atoms with Crippen LogP contribution in [0.5, 0.6) is 0 Å². The molecular weight excluding hydrogens is 263 g/mol. The minimum Gasteiger partial charge on any atom is -0.448 e. The lowest BCUT2D eigenvalue weighted by Gasteiger charge is -2.33. The second-order valence-electron chi connectivity index (χ2n) is 5.24. The lowest BCUT2D eigenvalue weighted by molar-refractivity contribution is 0.0899. The molecule has 2 amide bonds. The van der Waals surface area contributed by atoms with E-state index in [-0.39, 0.29) is 12.1 Å². The largest absolute Gasteiger partial charge is 0.448 e. The highest BCUT2D eigenvalue weighted by molar-refractivity contribution is 5.94. The van der Waals surface area contributed by atoms with Gasteiger partial charge in [-0.25, -0.2) is 9.18 Å². The lowest BCUT2D eigenvalue weighted by atomic mass is 10.0. The Labute approximate surface area is 116 Å². The summed E-state index contributed by atoms with van der Waals surface area (Å²) in [5.41, 5.74) is -0.596. The fourth-order valence-electron chi connectivity index (χ4n) is 2.08. The SMILES string of the molecule is CC(C)(CNC(=O)c1ccccc1F)N1CCOC1=O. The normalized spacial score (nSPS) is 15.2. The highest BCUT2D eigenvalue weighted by Crippen LogP contribution is 2.18. The van der Waals surface area contributed by atoms with E-state index in [2.05, 4.69) is 5.32 Å². The third-order valence-electron chi connectivity index (χ3n) is 3.29. The summed E-state index contributed by atoms with van der Waals surface area (Å²) >= 11 is 0. The second kappa shape index (κ2) is 5.48. The number of hydrogen-bond donors (Lipinski definition) is 1. The molecule has 20 heavy (non-hydrogen) atoms.